The normalized spacial score (nSPS) is 16.4. The Morgan fingerprint density at radius 3 is 1.57 bits per heavy atom. The van der Waals surface area contributed by atoms with Crippen LogP contribution in [0.2, 0.25) is 0 Å². The number of nitrogens with zero attached hydrogens (tertiary/aromatic N) is 4. The van der Waals surface area contributed by atoms with Gasteiger partial charge in [-0.1, -0.05) is 358 Å². The Bertz CT molecular complexity index is 7160. The molecule has 8 heteroatoms. The van der Waals surface area contributed by atoms with Gasteiger partial charge in [0.1, 0.15) is 11.5 Å². The van der Waals surface area contributed by atoms with Crippen molar-refractivity contribution in [1.82, 2.24) is 0 Å². The molecule has 5 heterocycles. The molecule has 25 rings (SSSR count). The largest absolute Gasteiger partial charge is 0.458 e. The molecule has 0 bridgehead atoms. The van der Waals surface area contributed by atoms with Gasteiger partial charge >= 0.3 is 0 Å². The number of ether oxygens (including phenoxy) is 1. The number of hydrogen-bond acceptors (Lipinski definition) is 6. The molecule has 4 aliphatic carbocycles. The maximum absolute atomic E-state index is 8.13. The average molecular weight is 1600 g/mol. The minimum Gasteiger partial charge on any atom is -0.458 e. The van der Waals surface area contributed by atoms with Crippen molar-refractivity contribution in [2.24, 2.45) is 11.8 Å². The molecule has 16 aromatic carbocycles. The first-order chi connectivity index (χ1) is 61.6. The van der Waals surface area contributed by atoms with Gasteiger partial charge in [0, 0.05) is 95.9 Å². The predicted molar refractivity (Wildman–Crippen MR) is 518 cm³/mol. The fourth-order valence-electron chi connectivity index (χ4n) is 22.5. The molecule has 0 radical (unpaired) electrons. The third-order valence-corrected chi connectivity index (χ3v) is 28.6. The van der Waals surface area contributed by atoms with E-state index in [1.54, 1.807) is 0 Å². The summed E-state index contributed by atoms with van der Waals surface area (Å²) in [5, 5.41) is 0. The summed E-state index contributed by atoms with van der Waals surface area (Å²) in [5.41, 5.74) is 38.8. The minimum atomic E-state index is -0.838. The predicted octanol–water partition coefficient (Wildman–Crippen LogP) is 25.9. The molecule has 584 valence electrons. The number of allylic oxidation sites excluding steroid dienone is 11. The number of rotatable bonds is 13. The summed E-state index contributed by atoms with van der Waals surface area (Å²) in [5.74, 6) is 1.72. The second kappa shape index (κ2) is 29.4. The fourth-order valence-corrected chi connectivity index (χ4v) is 23.7. The van der Waals surface area contributed by atoms with Crippen LogP contribution in [0.15, 0.2) is 457 Å². The van der Waals surface area contributed by atoms with Crippen molar-refractivity contribution >= 4 is 121 Å². The highest BCUT2D eigenvalue weighted by atomic mass is 32.2. The monoisotopic (exact) mass is 1600 g/mol. The summed E-state index contributed by atoms with van der Waals surface area (Å²) < 4.78 is 8.13. The number of para-hydroxylation sites is 6. The van der Waals surface area contributed by atoms with E-state index in [1.807, 2.05) is 11.8 Å². The second-order valence-electron chi connectivity index (χ2n) is 34.1. The quantitative estimate of drug-likeness (QED) is 0.0842. The molecular weight excluding hydrogens is 1520 g/mol. The Balaban J connectivity index is 0.774. The second-order valence-corrected chi connectivity index (χ2v) is 35.2. The Kier molecular flexibility index (Phi) is 17.1. The van der Waals surface area contributed by atoms with Crippen molar-refractivity contribution in [3.05, 3.63) is 487 Å². The van der Waals surface area contributed by atoms with Crippen LogP contribution in [0.5, 0.6) is 11.5 Å². The number of benzene rings is 16. The lowest BCUT2D eigenvalue weighted by molar-refractivity contribution is 0.485. The molecule has 124 heavy (non-hydrogen) atoms. The van der Waals surface area contributed by atoms with Crippen LogP contribution in [0, 0.1) is 11.8 Å². The van der Waals surface area contributed by atoms with Gasteiger partial charge in [0.05, 0.1) is 22.5 Å². The zero-order valence-corrected chi connectivity index (χ0v) is 69.1. The Hall–Kier alpha value is -14.6. The lowest BCUT2D eigenvalue weighted by atomic mass is 9.33. The first-order valence-electron chi connectivity index (χ1n) is 43.8. The zero-order chi connectivity index (χ0) is 81.5. The van der Waals surface area contributed by atoms with Gasteiger partial charge < -0.3 is 24.3 Å². The molecule has 0 amide bonds. The van der Waals surface area contributed by atoms with E-state index in [2.05, 4.69) is 450 Å². The van der Waals surface area contributed by atoms with Gasteiger partial charge in [-0.05, 0) is 210 Å². The summed E-state index contributed by atoms with van der Waals surface area (Å²) in [4.78, 5) is 12.9. The summed E-state index contributed by atoms with van der Waals surface area (Å²) >= 11 is 1.93. The smallest absolute Gasteiger partial charge is 0.256 e. The third kappa shape index (κ3) is 11.2. The fraction of sp³-hybridized carbons (Fsp3) is 0.0690. The molecular formula is C116H82B2N4OS. The zero-order valence-electron chi connectivity index (χ0n) is 68.3. The Labute approximate surface area is 729 Å². The molecule has 0 saturated heterocycles. The van der Waals surface area contributed by atoms with Crippen LogP contribution in [-0.4, -0.2) is 13.4 Å². The standard InChI is InChI=1S/C116H82B2N4OS/c1-9-38-76(39-10-1)86-54-27-33-64-100(86)119(83-50-21-7-22-51-83)85-70-107-114-109(71-85)123-108-75-111-95(73-99(108)118(114)97-63-32-36-67-103(97)121(107)101-65-34-28-55-87(101)77-40-11-2-12-41-77)116(92-60-29-25-56-90(92)91-57-26-30-61-93(91)116)94-72-98-104(74-110(94)124-111)122(115-88(78-42-13-3-14-43-78)58-37-59-89(115)79-44-15-4-16-45-79)106-69-82(112(80-46-17-5-18-47-80)81-48-19-6-20-49-81)68-105-113(106)117(98)96-62-31-35-66-102(96)120(105)84-52-23-8-24-53-84/h1-3,5-15,17-42,44-58,60-75,78,89,112H,4,16,43,59H2. The number of hydrogen-bond donors (Lipinski definition) is 0. The van der Waals surface area contributed by atoms with Gasteiger partial charge in [-0.3, -0.25) is 0 Å². The molecule has 5 nitrogen and oxygen atoms in total. The molecule has 0 aromatic heterocycles. The van der Waals surface area contributed by atoms with Gasteiger partial charge in [0.25, 0.3) is 13.4 Å². The maximum atomic E-state index is 8.13. The maximum Gasteiger partial charge on any atom is 0.256 e. The molecule has 1 spiro atoms. The van der Waals surface area contributed by atoms with Gasteiger partial charge in [-0.15, -0.1) is 0 Å². The first-order valence-corrected chi connectivity index (χ1v) is 44.6. The summed E-state index contributed by atoms with van der Waals surface area (Å²) in [7, 11) is 0. The molecule has 5 aliphatic heterocycles. The molecule has 0 fully saturated rings. The van der Waals surface area contributed by atoms with E-state index in [-0.39, 0.29) is 31.2 Å². The highest BCUT2D eigenvalue weighted by molar-refractivity contribution is 7.99. The summed E-state index contributed by atoms with van der Waals surface area (Å²) in [6.07, 6.45) is 25.6. The molecule has 2 unspecified atom stereocenters. The molecule has 0 N–H and O–H groups in total. The van der Waals surface area contributed by atoms with E-state index in [4.69, 9.17) is 4.74 Å². The van der Waals surface area contributed by atoms with Crippen molar-refractivity contribution in [3.63, 3.8) is 0 Å². The molecule has 0 saturated carbocycles. The number of anilines is 11. The van der Waals surface area contributed by atoms with Gasteiger partial charge in [0.15, 0.2) is 0 Å². The molecule has 16 aromatic rings. The van der Waals surface area contributed by atoms with Crippen molar-refractivity contribution < 1.29 is 4.74 Å². The van der Waals surface area contributed by atoms with Crippen LogP contribution in [-0.2, 0) is 5.41 Å². The first kappa shape index (κ1) is 72.3. The van der Waals surface area contributed by atoms with E-state index in [0.29, 0.717) is 0 Å². The van der Waals surface area contributed by atoms with Crippen LogP contribution in [0.1, 0.15) is 70.5 Å². The Morgan fingerprint density at radius 1 is 0.363 bits per heavy atom. The van der Waals surface area contributed by atoms with Crippen molar-refractivity contribution in [1.29, 1.82) is 0 Å². The van der Waals surface area contributed by atoms with Crippen LogP contribution < -0.4 is 57.1 Å². The highest BCUT2D eigenvalue weighted by Gasteiger charge is 2.55. The van der Waals surface area contributed by atoms with E-state index >= 15 is 0 Å². The topological polar surface area (TPSA) is 22.2 Å². The van der Waals surface area contributed by atoms with Crippen LogP contribution in [0.4, 0.5) is 62.6 Å². The average Bonchev–Trinajstić information content (AvgIpc) is 1.34. The lowest BCUT2D eigenvalue weighted by Gasteiger charge is -2.49. The van der Waals surface area contributed by atoms with Crippen molar-refractivity contribution in [3.8, 4) is 44.9 Å². The van der Waals surface area contributed by atoms with Gasteiger partial charge in [-0.2, -0.15) is 0 Å². The lowest BCUT2D eigenvalue weighted by Crippen LogP contribution is -2.62. The molecule has 2 atom stereocenters. The minimum absolute atomic E-state index is 0.0330. The third-order valence-electron chi connectivity index (χ3n) is 27.5. The Morgan fingerprint density at radius 2 is 0.911 bits per heavy atom. The van der Waals surface area contributed by atoms with E-state index in [1.165, 1.54) is 121 Å². The van der Waals surface area contributed by atoms with E-state index in [0.717, 1.165) is 110 Å². The van der Waals surface area contributed by atoms with Gasteiger partial charge in [0.2, 0.25) is 0 Å². The SMILES string of the molecule is C1=CCC(C2=C(N3c4cc5c(cc4B4c6ccccc6N(c6ccccc6)c6cc(C(c7ccccc7)c7ccccc7)cc3c64)C3(c4cc6c(cc4S5)Oc4cc(N(c5ccccc5)c5ccccc5-c5ccccc5)cc5c4B6c4ccccc4N5c4ccccc4-c4ccccc4)c4ccccc4-c4ccccc43)C(C3=CCCC=C3)CC=C2)C=C1. The number of fused-ring (bicyclic) bond motifs is 17. The molecule has 9 aliphatic rings. The summed E-state index contributed by atoms with van der Waals surface area (Å²) in [6.45, 7) is -0.478. The van der Waals surface area contributed by atoms with E-state index < -0.39 is 5.41 Å². The summed E-state index contributed by atoms with van der Waals surface area (Å²) in [6, 6.07) is 142. The van der Waals surface area contributed by atoms with Crippen LogP contribution in [0.3, 0.4) is 0 Å². The van der Waals surface area contributed by atoms with Crippen LogP contribution >= 0.6 is 11.8 Å². The van der Waals surface area contributed by atoms with Crippen molar-refractivity contribution in [2.75, 3.05) is 19.6 Å². The van der Waals surface area contributed by atoms with E-state index in [9.17, 15) is 0 Å². The highest BCUT2D eigenvalue weighted by Crippen LogP contribution is 2.65. The van der Waals surface area contributed by atoms with Crippen molar-refractivity contribution in [2.45, 2.75) is 46.8 Å². The van der Waals surface area contributed by atoms with Gasteiger partial charge in [-0.25, -0.2) is 0 Å². The van der Waals surface area contributed by atoms with Crippen LogP contribution in [0.25, 0.3) is 33.4 Å².